The summed E-state index contributed by atoms with van der Waals surface area (Å²) in [6.07, 6.45) is 0.992. The highest BCUT2D eigenvalue weighted by molar-refractivity contribution is 6.32. The van der Waals surface area contributed by atoms with E-state index in [-0.39, 0.29) is 29.3 Å². The van der Waals surface area contributed by atoms with Gasteiger partial charge in [-0.15, -0.1) is 0 Å². The smallest absolute Gasteiger partial charge is 0.273 e. The molecule has 1 aromatic carbocycles. The van der Waals surface area contributed by atoms with Gasteiger partial charge in [0.25, 0.3) is 5.91 Å². The quantitative estimate of drug-likeness (QED) is 0.595. The summed E-state index contributed by atoms with van der Waals surface area (Å²) in [4.78, 5) is 12.4. The van der Waals surface area contributed by atoms with Gasteiger partial charge in [0.05, 0.1) is 22.8 Å². The van der Waals surface area contributed by atoms with E-state index in [4.69, 9.17) is 21.4 Å². The molecule has 0 bridgehead atoms. The number of amides is 1. The number of carbonyl (C=O) groups is 1. The molecule has 156 valence electrons. The van der Waals surface area contributed by atoms with E-state index < -0.39 is 6.10 Å². The van der Waals surface area contributed by atoms with Crippen LogP contribution in [0.25, 0.3) is 11.3 Å². The van der Waals surface area contributed by atoms with Gasteiger partial charge in [-0.1, -0.05) is 36.7 Å². The first-order chi connectivity index (χ1) is 14.3. The Kier molecular flexibility index (Phi) is 6.55. The maximum atomic E-state index is 12.4. The molecule has 0 radical (unpaired) electrons. The van der Waals surface area contributed by atoms with Crippen molar-refractivity contribution in [2.24, 2.45) is 5.92 Å². The maximum Gasteiger partial charge on any atom is 0.273 e. The van der Waals surface area contributed by atoms with Gasteiger partial charge in [0.1, 0.15) is 12.2 Å². The predicted octanol–water partition coefficient (Wildman–Crippen LogP) is 3.57. The number of carbonyl (C=O) groups excluding carboxylic acids is 1. The molecule has 0 aliphatic carbocycles. The Hall–Kier alpha value is -3.15. The van der Waals surface area contributed by atoms with Gasteiger partial charge >= 0.3 is 0 Å². The number of nitriles is 1. The van der Waals surface area contributed by atoms with Gasteiger partial charge in [-0.2, -0.15) is 10.4 Å². The Morgan fingerprint density at radius 1 is 1.33 bits per heavy atom. The number of nitrogens with one attached hydrogen (secondary N) is 1. The number of nitrogens with zero attached hydrogens (tertiary/aromatic N) is 4. The molecule has 9 heteroatoms. The highest BCUT2D eigenvalue weighted by Crippen LogP contribution is 2.24. The molecule has 1 unspecified atom stereocenters. The third-order valence-electron chi connectivity index (χ3n) is 4.55. The van der Waals surface area contributed by atoms with Gasteiger partial charge in [-0.3, -0.25) is 9.48 Å². The van der Waals surface area contributed by atoms with E-state index in [0.29, 0.717) is 22.8 Å². The zero-order valence-electron chi connectivity index (χ0n) is 16.8. The molecule has 0 saturated carbocycles. The first kappa shape index (κ1) is 21.6. The first-order valence-electron chi connectivity index (χ1n) is 9.47. The fraction of sp³-hybridized carbons (Fsp3) is 0.333. The molecule has 0 spiro atoms. The summed E-state index contributed by atoms with van der Waals surface area (Å²) < 4.78 is 6.79. The maximum absolute atomic E-state index is 12.4. The van der Waals surface area contributed by atoms with Crippen molar-refractivity contribution < 1.29 is 14.4 Å². The molecule has 2 heterocycles. The van der Waals surface area contributed by atoms with Crippen molar-refractivity contribution in [2.75, 3.05) is 0 Å². The highest BCUT2D eigenvalue weighted by atomic mass is 35.5. The number of aliphatic hydroxyl groups excluding tert-OH is 1. The third kappa shape index (κ3) is 4.87. The zero-order chi connectivity index (χ0) is 21.8. The van der Waals surface area contributed by atoms with Crippen molar-refractivity contribution in [1.82, 2.24) is 20.3 Å². The summed E-state index contributed by atoms with van der Waals surface area (Å²) in [5.74, 6) is -0.173. The van der Waals surface area contributed by atoms with Gasteiger partial charge in [0, 0.05) is 23.9 Å². The molecular formula is C21H22ClN5O3. The molecule has 2 aromatic heterocycles. The van der Waals surface area contributed by atoms with Crippen LogP contribution in [0.2, 0.25) is 5.02 Å². The standard InChI is InChI=1S/C21H22ClN5O3/c1-12(2)20(28)19-9-18(26-30-19)21(29)24-13(3)11-27-7-6-17(25-27)14-4-5-15(10-23)16(22)8-14/h4-9,12-13,20,28H,11H2,1-3H3,(H,24,29)/t13-,20?/m0/s1. The second-order valence-corrected chi connectivity index (χ2v) is 7.81. The Bertz CT molecular complexity index is 1080. The van der Waals surface area contributed by atoms with Crippen LogP contribution in [-0.2, 0) is 6.54 Å². The molecule has 8 nitrogen and oxygen atoms in total. The van der Waals surface area contributed by atoms with Crippen molar-refractivity contribution in [3.8, 4) is 17.3 Å². The number of rotatable bonds is 7. The Labute approximate surface area is 179 Å². The Morgan fingerprint density at radius 3 is 2.77 bits per heavy atom. The average molecular weight is 428 g/mol. The lowest BCUT2D eigenvalue weighted by atomic mass is 10.1. The second-order valence-electron chi connectivity index (χ2n) is 7.41. The van der Waals surface area contributed by atoms with Crippen molar-refractivity contribution in [1.29, 1.82) is 5.26 Å². The minimum absolute atomic E-state index is 0.0483. The van der Waals surface area contributed by atoms with E-state index in [2.05, 4.69) is 15.6 Å². The number of halogens is 1. The summed E-state index contributed by atoms with van der Waals surface area (Å²) >= 11 is 6.09. The molecule has 1 amide bonds. The fourth-order valence-corrected chi connectivity index (χ4v) is 3.09. The summed E-state index contributed by atoms with van der Waals surface area (Å²) in [6, 6.07) is 10.2. The molecule has 0 aliphatic heterocycles. The van der Waals surface area contributed by atoms with Crippen LogP contribution in [0.15, 0.2) is 41.1 Å². The molecule has 0 saturated heterocycles. The van der Waals surface area contributed by atoms with E-state index in [1.807, 2.05) is 32.9 Å². The molecule has 0 fully saturated rings. The number of aliphatic hydroxyl groups is 1. The van der Waals surface area contributed by atoms with Gasteiger partial charge < -0.3 is 14.9 Å². The normalized spacial score (nSPS) is 13.1. The molecule has 3 rings (SSSR count). The molecule has 30 heavy (non-hydrogen) atoms. The predicted molar refractivity (Wildman–Crippen MR) is 111 cm³/mol. The number of aromatic nitrogens is 3. The second kappa shape index (κ2) is 9.11. The van der Waals surface area contributed by atoms with Crippen LogP contribution in [0, 0.1) is 17.2 Å². The largest absolute Gasteiger partial charge is 0.385 e. The monoisotopic (exact) mass is 427 g/mol. The van der Waals surface area contributed by atoms with Gasteiger partial charge in [0.2, 0.25) is 0 Å². The summed E-state index contributed by atoms with van der Waals surface area (Å²) in [5.41, 5.74) is 2.04. The van der Waals surface area contributed by atoms with Crippen LogP contribution in [-0.4, -0.2) is 32.0 Å². The topological polar surface area (TPSA) is 117 Å². The lowest BCUT2D eigenvalue weighted by molar-refractivity contribution is 0.0908. The lowest BCUT2D eigenvalue weighted by Crippen LogP contribution is -2.36. The summed E-state index contributed by atoms with van der Waals surface area (Å²) in [5, 5.41) is 30.4. The zero-order valence-corrected chi connectivity index (χ0v) is 17.6. The van der Waals surface area contributed by atoms with Gasteiger partial charge in [-0.05, 0) is 31.0 Å². The average Bonchev–Trinajstić information content (AvgIpc) is 3.37. The molecule has 3 aromatic rings. The van der Waals surface area contributed by atoms with Crippen LogP contribution in [0.3, 0.4) is 0 Å². The summed E-state index contributed by atoms with van der Waals surface area (Å²) in [7, 11) is 0. The van der Waals surface area contributed by atoms with Crippen LogP contribution in [0.5, 0.6) is 0 Å². The lowest BCUT2D eigenvalue weighted by Gasteiger charge is -2.13. The molecule has 2 atom stereocenters. The van der Waals surface area contributed by atoms with Crippen LogP contribution >= 0.6 is 11.6 Å². The van der Waals surface area contributed by atoms with E-state index in [1.54, 1.807) is 29.1 Å². The van der Waals surface area contributed by atoms with Crippen molar-refractivity contribution >= 4 is 17.5 Å². The van der Waals surface area contributed by atoms with Crippen LogP contribution < -0.4 is 5.32 Å². The number of hydrogen-bond acceptors (Lipinski definition) is 6. The number of benzene rings is 1. The van der Waals surface area contributed by atoms with Gasteiger partial charge in [0.15, 0.2) is 11.5 Å². The Morgan fingerprint density at radius 2 is 2.10 bits per heavy atom. The molecule has 2 N–H and O–H groups in total. The van der Waals surface area contributed by atoms with E-state index in [9.17, 15) is 9.90 Å². The first-order valence-corrected chi connectivity index (χ1v) is 9.85. The van der Waals surface area contributed by atoms with Crippen LogP contribution in [0.1, 0.15) is 48.7 Å². The van der Waals surface area contributed by atoms with Crippen molar-refractivity contribution in [3.63, 3.8) is 0 Å². The Balaban J connectivity index is 1.62. The van der Waals surface area contributed by atoms with Crippen molar-refractivity contribution in [3.05, 3.63) is 58.6 Å². The van der Waals surface area contributed by atoms with Crippen molar-refractivity contribution in [2.45, 2.75) is 39.5 Å². The SMILES string of the molecule is CC(C)C(O)c1cc(C(=O)N[C@@H](C)Cn2ccc(-c3ccc(C#N)c(Cl)c3)n2)no1. The van der Waals surface area contributed by atoms with E-state index >= 15 is 0 Å². The molecular weight excluding hydrogens is 406 g/mol. The minimum Gasteiger partial charge on any atom is -0.385 e. The van der Waals surface area contributed by atoms with Crippen LogP contribution in [0.4, 0.5) is 0 Å². The summed E-state index contributed by atoms with van der Waals surface area (Å²) in [6.45, 7) is 5.98. The van der Waals surface area contributed by atoms with E-state index in [1.165, 1.54) is 6.07 Å². The highest BCUT2D eigenvalue weighted by Gasteiger charge is 2.21. The fourth-order valence-electron chi connectivity index (χ4n) is 2.87. The number of hydrogen-bond donors (Lipinski definition) is 2. The van der Waals surface area contributed by atoms with Gasteiger partial charge in [-0.25, -0.2) is 0 Å². The van der Waals surface area contributed by atoms with E-state index in [0.717, 1.165) is 5.56 Å². The molecule has 0 aliphatic rings. The third-order valence-corrected chi connectivity index (χ3v) is 4.86. The minimum atomic E-state index is -0.810.